The van der Waals surface area contributed by atoms with E-state index in [0.717, 1.165) is 5.56 Å². The van der Waals surface area contributed by atoms with Crippen LogP contribution in [0.2, 0.25) is 5.02 Å². The summed E-state index contributed by atoms with van der Waals surface area (Å²) < 4.78 is 11.8. The first-order chi connectivity index (χ1) is 13.4. The van der Waals surface area contributed by atoms with Gasteiger partial charge in [0.2, 0.25) is 0 Å². The van der Waals surface area contributed by atoms with Gasteiger partial charge in [0, 0.05) is 10.4 Å². The van der Waals surface area contributed by atoms with Gasteiger partial charge in [0.15, 0.2) is 11.3 Å². The third kappa shape index (κ3) is 2.96. The minimum absolute atomic E-state index is 0.0216. The Bertz CT molecular complexity index is 1340. The second-order valence-electron chi connectivity index (χ2n) is 6.16. The van der Waals surface area contributed by atoms with E-state index in [4.69, 9.17) is 20.8 Å². The maximum Gasteiger partial charge on any atom is 0.354 e. The second kappa shape index (κ2) is 7.00. The van der Waals surface area contributed by atoms with Crippen molar-refractivity contribution in [2.75, 3.05) is 7.11 Å². The number of methoxy groups -OCH3 is 1. The zero-order chi connectivity index (χ0) is 20.0. The van der Waals surface area contributed by atoms with E-state index in [1.165, 1.54) is 4.57 Å². The van der Waals surface area contributed by atoms with Crippen molar-refractivity contribution in [1.29, 1.82) is 0 Å². The molecular weight excluding hydrogens is 450 g/mol. The summed E-state index contributed by atoms with van der Waals surface area (Å²) >= 11 is 9.12. The molecule has 0 aliphatic rings. The molecule has 6 nitrogen and oxygen atoms in total. The lowest BCUT2D eigenvalue weighted by molar-refractivity contribution is 0.414. The van der Waals surface area contributed by atoms with E-state index < -0.39 is 16.9 Å². The van der Waals surface area contributed by atoms with Gasteiger partial charge in [-0.2, -0.15) is 0 Å². The fraction of sp³-hybridized carbons (Fsp3) is 0.100. The normalized spacial score (nSPS) is 11.2. The van der Waals surface area contributed by atoms with Gasteiger partial charge >= 0.3 is 5.63 Å². The van der Waals surface area contributed by atoms with E-state index in [1.54, 1.807) is 37.4 Å². The van der Waals surface area contributed by atoms with Crippen LogP contribution in [0.1, 0.15) is 5.56 Å². The van der Waals surface area contributed by atoms with Crippen LogP contribution in [-0.2, 0) is 6.54 Å². The Labute approximate surface area is 171 Å². The van der Waals surface area contributed by atoms with E-state index in [2.05, 4.69) is 15.9 Å². The molecule has 0 saturated carbocycles. The van der Waals surface area contributed by atoms with Gasteiger partial charge in [-0.25, -0.2) is 4.79 Å². The topological polar surface area (TPSA) is 81.7 Å². The molecule has 0 radical (unpaired) electrons. The molecule has 1 N–H and O–H groups in total. The van der Waals surface area contributed by atoms with Crippen LogP contribution in [0.15, 0.2) is 60.9 Å². The summed E-state index contributed by atoms with van der Waals surface area (Å²) in [6.45, 7) is 0.228. The Morgan fingerprint density at radius 2 is 1.89 bits per heavy atom. The summed E-state index contributed by atoms with van der Waals surface area (Å²) in [4.78, 5) is 25.2. The summed E-state index contributed by atoms with van der Waals surface area (Å²) in [7, 11) is 1.58. The van der Waals surface area contributed by atoms with Crippen molar-refractivity contribution in [2.24, 2.45) is 0 Å². The van der Waals surface area contributed by atoms with E-state index in [-0.39, 0.29) is 22.0 Å². The minimum atomic E-state index is -0.770. The molecule has 0 bridgehead atoms. The average Bonchev–Trinajstić information content (AvgIpc) is 2.69. The molecule has 4 aromatic rings. The summed E-state index contributed by atoms with van der Waals surface area (Å²) in [6, 6.07) is 12.2. The predicted octanol–water partition coefficient (Wildman–Crippen LogP) is 4.29. The van der Waals surface area contributed by atoms with Crippen LogP contribution < -0.4 is 15.9 Å². The van der Waals surface area contributed by atoms with Crippen LogP contribution >= 0.6 is 27.5 Å². The number of ether oxygens (including phenoxy) is 1. The first kappa shape index (κ1) is 18.6. The van der Waals surface area contributed by atoms with E-state index >= 15 is 0 Å². The van der Waals surface area contributed by atoms with Crippen molar-refractivity contribution in [3.8, 4) is 11.5 Å². The number of hydrogen-bond donors (Lipinski definition) is 1. The number of aromatic hydroxyl groups is 1. The Hall–Kier alpha value is -2.77. The molecule has 0 saturated heterocycles. The van der Waals surface area contributed by atoms with Crippen LogP contribution in [0.4, 0.5) is 0 Å². The van der Waals surface area contributed by atoms with Gasteiger partial charge in [-0.3, -0.25) is 4.79 Å². The molecule has 0 aliphatic heterocycles. The summed E-state index contributed by atoms with van der Waals surface area (Å²) in [5.41, 5.74) is 0.0922. The van der Waals surface area contributed by atoms with Crippen LogP contribution in [-0.4, -0.2) is 16.8 Å². The van der Waals surface area contributed by atoms with Gasteiger partial charge in [-0.05, 0) is 51.8 Å². The molecule has 0 amide bonds. The van der Waals surface area contributed by atoms with E-state index in [1.807, 2.05) is 12.1 Å². The molecule has 8 heteroatoms. The van der Waals surface area contributed by atoms with Crippen molar-refractivity contribution in [3.05, 3.63) is 78.3 Å². The van der Waals surface area contributed by atoms with Crippen molar-refractivity contribution in [2.45, 2.75) is 6.54 Å². The van der Waals surface area contributed by atoms with Gasteiger partial charge < -0.3 is 18.8 Å². The summed E-state index contributed by atoms with van der Waals surface area (Å²) in [5.74, 6) is 0.252. The maximum absolute atomic E-state index is 13.2. The number of pyridine rings is 1. The number of nitrogens with zero attached hydrogens (tertiary/aromatic N) is 1. The van der Waals surface area contributed by atoms with Crippen LogP contribution in [0, 0.1) is 0 Å². The van der Waals surface area contributed by atoms with Crippen LogP contribution in [0.5, 0.6) is 11.5 Å². The smallest absolute Gasteiger partial charge is 0.354 e. The number of benzene rings is 2. The van der Waals surface area contributed by atoms with Gasteiger partial charge in [0.25, 0.3) is 5.56 Å². The zero-order valence-corrected chi connectivity index (χ0v) is 16.9. The van der Waals surface area contributed by atoms with E-state index in [9.17, 15) is 14.7 Å². The first-order valence-corrected chi connectivity index (χ1v) is 9.38. The van der Waals surface area contributed by atoms with Crippen molar-refractivity contribution in [1.82, 2.24) is 4.57 Å². The number of rotatable bonds is 3. The highest BCUT2D eigenvalue weighted by atomic mass is 79.9. The van der Waals surface area contributed by atoms with Crippen molar-refractivity contribution < 1.29 is 14.3 Å². The predicted molar refractivity (Wildman–Crippen MR) is 111 cm³/mol. The molecule has 0 atom stereocenters. The number of fused-ring (bicyclic) bond motifs is 3. The van der Waals surface area contributed by atoms with Gasteiger partial charge in [0.1, 0.15) is 15.6 Å². The van der Waals surface area contributed by atoms with Gasteiger partial charge in [-0.1, -0.05) is 23.7 Å². The highest BCUT2D eigenvalue weighted by Crippen LogP contribution is 2.32. The molecule has 142 valence electrons. The lowest BCUT2D eigenvalue weighted by atomic mass is 10.1. The van der Waals surface area contributed by atoms with Crippen molar-refractivity contribution in [3.63, 3.8) is 0 Å². The Morgan fingerprint density at radius 1 is 1.18 bits per heavy atom. The largest absolute Gasteiger partial charge is 0.506 e. The number of hydrogen-bond acceptors (Lipinski definition) is 5. The molecular formula is C20H13BrClNO5. The maximum atomic E-state index is 13.2. The quantitative estimate of drug-likeness (QED) is 0.460. The third-order valence-electron chi connectivity index (χ3n) is 4.50. The molecule has 0 aliphatic carbocycles. The average molecular weight is 463 g/mol. The molecule has 4 rings (SSSR count). The highest BCUT2D eigenvalue weighted by Gasteiger charge is 2.20. The Balaban J connectivity index is 2.08. The summed E-state index contributed by atoms with van der Waals surface area (Å²) in [6.07, 6.45) is 0. The standard InChI is InChI=1S/C20H13BrClNO5/c1-27-12-5-2-10(3-6-12)9-23-14-8-11(22)4-7-13(14)18-15(19(23)25)17(24)16(21)20(26)28-18/h2-8,24H,9H2,1H3. The summed E-state index contributed by atoms with van der Waals surface area (Å²) in [5, 5.41) is 11.3. The Morgan fingerprint density at radius 3 is 2.57 bits per heavy atom. The molecule has 2 heterocycles. The fourth-order valence-corrected chi connectivity index (χ4v) is 3.57. The zero-order valence-electron chi connectivity index (χ0n) is 14.5. The molecule has 0 fully saturated rings. The Kier molecular flexibility index (Phi) is 4.64. The molecule has 2 aromatic heterocycles. The van der Waals surface area contributed by atoms with Crippen LogP contribution in [0.25, 0.3) is 21.9 Å². The van der Waals surface area contributed by atoms with E-state index in [0.29, 0.717) is 21.7 Å². The number of halogens is 2. The molecule has 2 aromatic carbocycles. The molecule has 28 heavy (non-hydrogen) atoms. The number of aromatic nitrogens is 1. The fourth-order valence-electron chi connectivity index (χ4n) is 3.13. The van der Waals surface area contributed by atoms with Gasteiger partial charge in [-0.15, -0.1) is 0 Å². The third-order valence-corrected chi connectivity index (χ3v) is 5.43. The van der Waals surface area contributed by atoms with Crippen LogP contribution in [0.3, 0.4) is 0 Å². The second-order valence-corrected chi connectivity index (χ2v) is 7.39. The van der Waals surface area contributed by atoms with Crippen molar-refractivity contribution >= 4 is 49.4 Å². The first-order valence-electron chi connectivity index (χ1n) is 8.21. The molecule has 0 spiro atoms. The lowest BCUT2D eigenvalue weighted by Crippen LogP contribution is -2.22. The van der Waals surface area contributed by atoms with Gasteiger partial charge in [0.05, 0.1) is 19.2 Å². The minimum Gasteiger partial charge on any atom is -0.506 e. The SMILES string of the molecule is COc1ccc(Cn2c(=O)c3c(O)c(Br)c(=O)oc3c3ccc(Cl)cc32)cc1. The lowest BCUT2D eigenvalue weighted by Gasteiger charge is -2.14. The monoisotopic (exact) mass is 461 g/mol. The molecule has 0 unspecified atom stereocenters. The highest BCUT2D eigenvalue weighted by molar-refractivity contribution is 9.10.